The molecule has 6 heteroatoms. The molecule has 0 saturated heterocycles. The summed E-state index contributed by atoms with van der Waals surface area (Å²) in [6.07, 6.45) is 77.6. The van der Waals surface area contributed by atoms with Gasteiger partial charge < -0.3 is 14.2 Å². The molecule has 0 fully saturated rings. The Labute approximate surface area is 424 Å². The van der Waals surface area contributed by atoms with Gasteiger partial charge in [-0.15, -0.1) is 0 Å². The Bertz CT molecular complexity index is 1470. The fraction of sp³-hybridized carbons (Fsp3) is 0.635. The van der Waals surface area contributed by atoms with Crippen molar-refractivity contribution in [3.05, 3.63) is 122 Å². The van der Waals surface area contributed by atoms with Gasteiger partial charge in [0.2, 0.25) is 0 Å². The summed E-state index contributed by atoms with van der Waals surface area (Å²) in [6.45, 7) is 6.35. The lowest BCUT2D eigenvalue weighted by Gasteiger charge is -2.18. The van der Waals surface area contributed by atoms with Crippen LogP contribution in [0.4, 0.5) is 0 Å². The molecule has 1 atom stereocenters. The molecule has 0 rings (SSSR count). The van der Waals surface area contributed by atoms with E-state index in [-0.39, 0.29) is 31.1 Å². The fourth-order valence-electron chi connectivity index (χ4n) is 7.32. The van der Waals surface area contributed by atoms with Gasteiger partial charge in [0.1, 0.15) is 13.2 Å². The number of ether oxygens (including phenoxy) is 3. The zero-order valence-corrected chi connectivity index (χ0v) is 44.5. The van der Waals surface area contributed by atoms with Crippen LogP contribution < -0.4 is 0 Å². The highest BCUT2D eigenvalue weighted by molar-refractivity contribution is 5.71. The Morgan fingerprint density at radius 2 is 0.565 bits per heavy atom. The lowest BCUT2D eigenvalue weighted by molar-refractivity contribution is -0.167. The van der Waals surface area contributed by atoms with Crippen LogP contribution in [0.5, 0.6) is 0 Å². The van der Waals surface area contributed by atoms with Crippen molar-refractivity contribution < 1.29 is 28.6 Å². The Balaban J connectivity index is 4.38. The minimum Gasteiger partial charge on any atom is -0.462 e. The standard InChI is InChI=1S/C63H102O6/c1-4-7-10-13-16-19-21-23-25-27-28-29-30-31-32-33-34-36-37-39-41-44-47-50-53-56-62(65)68-59-60(58-67-61(64)55-52-49-46-43-18-15-12-9-6-3)69-63(66)57-54-51-48-45-42-40-38-35-26-24-22-20-17-14-11-8-5-2/h7-8,10-11,16-17,19-20,23-26,28-29,31-32,34,36,39,41,60H,4-6,9,12-15,18,21-22,27,30,33,35,37-38,40,42-59H2,1-3H3/b10-7-,11-8-,19-16-,20-17-,25-23-,26-24-,29-28-,32-31-,36-34-,41-39-. The van der Waals surface area contributed by atoms with Crippen molar-refractivity contribution in [3.8, 4) is 0 Å². The summed E-state index contributed by atoms with van der Waals surface area (Å²) in [6, 6.07) is 0. The van der Waals surface area contributed by atoms with Crippen molar-refractivity contribution in [2.45, 2.75) is 245 Å². The summed E-state index contributed by atoms with van der Waals surface area (Å²) >= 11 is 0. The van der Waals surface area contributed by atoms with Crippen LogP contribution in [0.25, 0.3) is 0 Å². The first-order chi connectivity index (χ1) is 34.0. The molecule has 390 valence electrons. The summed E-state index contributed by atoms with van der Waals surface area (Å²) < 4.78 is 16.8. The molecular weight excluding hydrogens is 853 g/mol. The summed E-state index contributed by atoms with van der Waals surface area (Å²) in [4.78, 5) is 38.0. The van der Waals surface area contributed by atoms with Gasteiger partial charge in [-0.3, -0.25) is 14.4 Å². The molecule has 0 N–H and O–H groups in total. The van der Waals surface area contributed by atoms with Gasteiger partial charge in [-0.2, -0.15) is 0 Å². The average Bonchev–Trinajstić information content (AvgIpc) is 3.35. The van der Waals surface area contributed by atoms with Gasteiger partial charge >= 0.3 is 17.9 Å². The van der Waals surface area contributed by atoms with Gasteiger partial charge in [-0.1, -0.05) is 232 Å². The molecule has 0 spiro atoms. The van der Waals surface area contributed by atoms with Gasteiger partial charge in [0.05, 0.1) is 0 Å². The highest BCUT2D eigenvalue weighted by Gasteiger charge is 2.19. The lowest BCUT2D eigenvalue weighted by Crippen LogP contribution is -2.30. The van der Waals surface area contributed by atoms with Gasteiger partial charge in [-0.05, 0) is 109 Å². The average molecular weight is 956 g/mol. The van der Waals surface area contributed by atoms with Crippen molar-refractivity contribution in [1.29, 1.82) is 0 Å². The van der Waals surface area contributed by atoms with Crippen LogP contribution in [-0.4, -0.2) is 37.2 Å². The van der Waals surface area contributed by atoms with Gasteiger partial charge in [0.25, 0.3) is 0 Å². The highest BCUT2D eigenvalue weighted by Crippen LogP contribution is 2.14. The number of carbonyl (C=O) groups is 3. The molecule has 0 aliphatic heterocycles. The van der Waals surface area contributed by atoms with Crippen LogP contribution in [0.3, 0.4) is 0 Å². The van der Waals surface area contributed by atoms with E-state index in [9.17, 15) is 14.4 Å². The molecule has 0 heterocycles. The maximum Gasteiger partial charge on any atom is 0.306 e. The van der Waals surface area contributed by atoms with Crippen molar-refractivity contribution in [2.75, 3.05) is 13.2 Å². The number of carbonyl (C=O) groups excluding carboxylic acids is 3. The summed E-state index contributed by atoms with van der Waals surface area (Å²) in [5.74, 6) is -0.945. The first-order valence-corrected chi connectivity index (χ1v) is 28.0. The molecule has 0 amide bonds. The molecule has 0 aromatic heterocycles. The lowest BCUT2D eigenvalue weighted by atomic mass is 10.1. The Hall–Kier alpha value is -4.19. The van der Waals surface area contributed by atoms with Crippen molar-refractivity contribution >= 4 is 17.9 Å². The smallest absolute Gasteiger partial charge is 0.306 e. The van der Waals surface area contributed by atoms with Crippen molar-refractivity contribution in [2.24, 2.45) is 0 Å². The van der Waals surface area contributed by atoms with E-state index < -0.39 is 6.10 Å². The van der Waals surface area contributed by atoms with Gasteiger partial charge in [-0.25, -0.2) is 0 Å². The number of hydrogen-bond acceptors (Lipinski definition) is 6. The quantitative estimate of drug-likeness (QED) is 0.0262. The number of hydrogen-bond donors (Lipinski definition) is 0. The third kappa shape index (κ3) is 54.6. The van der Waals surface area contributed by atoms with Gasteiger partial charge in [0, 0.05) is 19.3 Å². The molecule has 1 unspecified atom stereocenters. The second kappa shape index (κ2) is 56.4. The van der Waals surface area contributed by atoms with Crippen LogP contribution in [0.15, 0.2) is 122 Å². The predicted octanol–water partition coefficient (Wildman–Crippen LogP) is 18.9. The molecule has 0 aromatic rings. The molecular formula is C63H102O6. The predicted molar refractivity (Wildman–Crippen MR) is 297 cm³/mol. The van der Waals surface area contributed by atoms with E-state index in [0.29, 0.717) is 19.3 Å². The largest absolute Gasteiger partial charge is 0.462 e. The highest BCUT2D eigenvalue weighted by atomic mass is 16.6. The SMILES string of the molecule is CC/C=C\C/C=C\C/C=C\C/C=C\C/C=C\C/C=C\C/C=C\CCCCCC(=O)OCC(COC(=O)CCCCCCCCCCC)OC(=O)CCCCCCCCC/C=C\C/C=C\C/C=C\CC. The third-order valence-corrected chi connectivity index (χ3v) is 11.5. The zero-order chi connectivity index (χ0) is 50.0. The molecule has 0 saturated carbocycles. The molecule has 0 bridgehead atoms. The minimum atomic E-state index is -0.798. The van der Waals surface area contributed by atoms with E-state index in [1.54, 1.807) is 0 Å². The van der Waals surface area contributed by atoms with Crippen molar-refractivity contribution in [1.82, 2.24) is 0 Å². The Morgan fingerprint density at radius 1 is 0.304 bits per heavy atom. The van der Waals surface area contributed by atoms with Crippen LogP contribution in [0.2, 0.25) is 0 Å². The van der Waals surface area contributed by atoms with Crippen LogP contribution in [-0.2, 0) is 28.6 Å². The van der Waals surface area contributed by atoms with Gasteiger partial charge in [0.15, 0.2) is 6.10 Å². The summed E-state index contributed by atoms with van der Waals surface area (Å²) in [7, 11) is 0. The fourth-order valence-corrected chi connectivity index (χ4v) is 7.32. The van der Waals surface area contributed by atoms with E-state index in [0.717, 1.165) is 135 Å². The first-order valence-electron chi connectivity index (χ1n) is 28.0. The molecule has 0 aromatic carbocycles. The minimum absolute atomic E-state index is 0.0945. The number of esters is 3. The third-order valence-electron chi connectivity index (χ3n) is 11.5. The second-order valence-corrected chi connectivity index (χ2v) is 18.1. The molecule has 0 aliphatic carbocycles. The van der Waals surface area contributed by atoms with E-state index in [4.69, 9.17) is 14.2 Å². The van der Waals surface area contributed by atoms with Crippen LogP contribution in [0, 0.1) is 0 Å². The number of allylic oxidation sites excluding steroid dienone is 20. The Kier molecular flexibility index (Phi) is 53.0. The topological polar surface area (TPSA) is 78.9 Å². The van der Waals surface area contributed by atoms with E-state index in [1.807, 2.05) is 0 Å². The first kappa shape index (κ1) is 64.8. The zero-order valence-electron chi connectivity index (χ0n) is 44.5. The normalized spacial score (nSPS) is 13.0. The molecule has 0 radical (unpaired) electrons. The van der Waals surface area contributed by atoms with Crippen LogP contribution >= 0.6 is 0 Å². The maximum absolute atomic E-state index is 12.8. The Morgan fingerprint density at radius 3 is 0.899 bits per heavy atom. The monoisotopic (exact) mass is 955 g/mol. The number of unbranched alkanes of at least 4 members (excludes halogenated alkanes) is 18. The summed E-state index contributed by atoms with van der Waals surface area (Å²) in [5, 5.41) is 0. The maximum atomic E-state index is 12.8. The summed E-state index contributed by atoms with van der Waals surface area (Å²) in [5.41, 5.74) is 0. The second-order valence-electron chi connectivity index (χ2n) is 18.1. The molecule has 69 heavy (non-hydrogen) atoms. The van der Waals surface area contributed by atoms with Crippen LogP contribution in [0.1, 0.15) is 239 Å². The van der Waals surface area contributed by atoms with Crippen molar-refractivity contribution in [3.63, 3.8) is 0 Å². The van der Waals surface area contributed by atoms with E-state index in [2.05, 4.69) is 142 Å². The van der Waals surface area contributed by atoms with E-state index in [1.165, 1.54) is 64.2 Å². The molecule has 6 nitrogen and oxygen atoms in total. The van der Waals surface area contributed by atoms with E-state index >= 15 is 0 Å². The number of rotatable bonds is 49. The molecule has 0 aliphatic rings.